The predicted octanol–water partition coefficient (Wildman–Crippen LogP) is 2.65. The number of ether oxygens (including phenoxy) is 1. The van der Waals surface area contributed by atoms with Crippen LogP contribution in [0.5, 0.6) is 5.75 Å². The molecule has 1 rings (SSSR count). The standard InChI is InChI=1S/C16H21NO2S/c1-14(18)20-13-5-4-6-15-7-9-16(10-8-15)19-12-11-17(2)3/h7-10H,5,11-13H2,1-3H3. The van der Waals surface area contributed by atoms with Crippen LogP contribution in [-0.2, 0) is 4.79 Å². The van der Waals surface area contributed by atoms with E-state index < -0.39 is 0 Å². The number of rotatable bonds is 6. The molecule has 0 heterocycles. The van der Waals surface area contributed by atoms with Crippen molar-refractivity contribution in [3.63, 3.8) is 0 Å². The Kier molecular flexibility index (Phi) is 7.86. The topological polar surface area (TPSA) is 29.5 Å². The SMILES string of the molecule is CC(=O)SCCC#Cc1ccc(OCCN(C)C)cc1. The minimum atomic E-state index is 0.144. The molecule has 0 fully saturated rings. The second-order valence-corrected chi connectivity index (χ2v) is 5.84. The molecule has 1 aromatic rings. The Labute approximate surface area is 125 Å². The largest absolute Gasteiger partial charge is 0.492 e. The number of hydrogen-bond acceptors (Lipinski definition) is 4. The maximum atomic E-state index is 10.7. The summed E-state index contributed by atoms with van der Waals surface area (Å²) in [5.41, 5.74) is 0.970. The second-order valence-electron chi connectivity index (χ2n) is 4.57. The highest BCUT2D eigenvalue weighted by molar-refractivity contribution is 8.13. The summed E-state index contributed by atoms with van der Waals surface area (Å²) < 4.78 is 5.61. The van der Waals surface area contributed by atoms with Gasteiger partial charge in [0, 0.05) is 31.2 Å². The lowest BCUT2D eigenvalue weighted by Crippen LogP contribution is -2.19. The summed E-state index contributed by atoms with van der Waals surface area (Å²) in [7, 11) is 4.04. The maximum absolute atomic E-state index is 10.7. The molecule has 0 unspecified atom stereocenters. The number of hydrogen-bond donors (Lipinski definition) is 0. The van der Waals surface area contributed by atoms with Gasteiger partial charge in [-0.15, -0.1) is 0 Å². The third-order valence-corrected chi connectivity index (χ3v) is 3.24. The molecular weight excluding hydrogens is 270 g/mol. The maximum Gasteiger partial charge on any atom is 0.185 e. The minimum absolute atomic E-state index is 0.144. The van der Waals surface area contributed by atoms with Crippen molar-refractivity contribution in [1.82, 2.24) is 4.90 Å². The molecule has 0 atom stereocenters. The molecule has 0 aromatic heterocycles. The molecule has 108 valence electrons. The number of thioether (sulfide) groups is 1. The summed E-state index contributed by atoms with van der Waals surface area (Å²) in [6, 6.07) is 7.78. The van der Waals surface area contributed by atoms with E-state index in [0.717, 1.165) is 30.0 Å². The lowest BCUT2D eigenvalue weighted by Gasteiger charge is -2.10. The zero-order valence-electron chi connectivity index (χ0n) is 12.3. The van der Waals surface area contributed by atoms with Crippen LogP contribution in [0.2, 0.25) is 0 Å². The van der Waals surface area contributed by atoms with Crippen LogP contribution >= 0.6 is 11.8 Å². The van der Waals surface area contributed by atoms with Gasteiger partial charge in [-0.2, -0.15) is 0 Å². The van der Waals surface area contributed by atoms with Crippen LogP contribution in [0.25, 0.3) is 0 Å². The fourth-order valence-electron chi connectivity index (χ4n) is 1.39. The van der Waals surface area contributed by atoms with Crippen LogP contribution in [0.4, 0.5) is 0 Å². The molecule has 3 nitrogen and oxygen atoms in total. The Morgan fingerprint density at radius 3 is 2.60 bits per heavy atom. The van der Waals surface area contributed by atoms with E-state index in [0.29, 0.717) is 6.61 Å². The van der Waals surface area contributed by atoms with E-state index in [2.05, 4.69) is 16.7 Å². The molecule has 0 bridgehead atoms. The summed E-state index contributed by atoms with van der Waals surface area (Å²) in [4.78, 5) is 12.8. The van der Waals surface area contributed by atoms with Gasteiger partial charge < -0.3 is 9.64 Å². The molecule has 0 aliphatic carbocycles. The molecule has 4 heteroatoms. The lowest BCUT2D eigenvalue weighted by molar-refractivity contribution is -0.109. The van der Waals surface area contributed by atoms with Crippen molar-refractivity contribution in [2.45, 2.75) is 13.3 Å². The molecular formula is C16H21NO2S. The summed E-state index contributed by atoms with van der Waals surface area (Å²) in [6.07, 6.45) is 0.728. The van der Waals surface area contributed by atoms with E-state index in [9.17, 15) is 4.79 Å². The van der Waals surface area contributed by atoms with Crippen molar-refractivity contribution in [2.24, 2.45) is 0 Å². The Balaban J connectivity index is 2.35. The molecule has 0 saturated carbocycles. The Bertz CT molecular complexity index is 471. The van der Waals surface area contributed by atoms with Gasteiger partial charge in [0.2, 0.25) is 0 Å². The van der Waals surface area contributed by atoms with Crippen molar-refractivity contribution >= 4 is 16.9 Å². The van der Waals surface area contributed by atoms with Gasteiger partial charge in [-0.25, -0.2) is 0 Å². The highest BCUT2D eigenvalue weighted by Crippen LogP contribution is 2.11. The van der Waals surface area contributed by atoms with Crippen LogP contribution in [0, 0.1) is 11.8 Å². The van der Waals surface area contributed by atoms with Gasteiger partial charge in [-0.05, 0) is 38.4 Å². The third kappa shape index (κ3) is 7.88. The molecule has 0 N–H and O–H groups in total. The zero-order valence-corrected chi connectivity index (χ0v) is 13.1. The first-order chi connectivity index (χ1) is 9.58. The first-order valence-electron chi connectivity index (χ1n) is 6.58. The summed E-state index contributed by atoms with van der Waals surface area (Å²) in [5.74, 6) is 7.77. The Hall–Kier alpha value is -1.44. The molecule has 0 radical (unpaired) electrons. The van der Waals surface area contributed by atoms with Crippen LogP contribution in [0.3, 0.4) is 0 Å². The number of carbonyl (C=O) groups is 1. The van der Waals surface area contributed by atoms with Crippen LogP contribution in [-0.4, -0.2) is 43.0 Å². The Morgan fingerprint density at radius 2 is 2.00 bits per heavy atom. The van der Waals surface area contributed by atoms with E-state index in [1.165, 1.54) is 11.8 Å². The van der Waals surface area contributed by atoms with Crippen LogP contribution in [0.15, 0.2) is 24.3 Å². The number of nitrogens with zero attached hydrogens (tertiary/aromatic N) is 1. The molecule has 0 amide bonds. The summed E-state index contributed by atoms with van der Waals surface area (Å²) in [5, 5.41) is 0.144. The van der Waals surface area contributed by atoms with Crippen molar-refractivity contribution in [1.29, 1.82) is 0 Å². The van der Waals surface area contributed by atoms with E-state index >= 15 is 0 Å². The summed E-state index contributed by atoms with van der Waals surface area (Å²) in [6.45, 7) is 3.16. The molecule has 20 heavy (non-hydrogen) atoms. The van der Waals surface area contributed by atoms with Crippen molar-refractivity contribution in [2.75, 3.05) is 33.0 Å². The van der Waals surface area contributed by atoms with Gasteiger partial charge in [0.15, 0.2) is 5.12 Å². The van der Waals surface area contributed by atoms with E-state index in [-0.39, 0.29) is 5.12 Å². The Morgan fingerprint density at radius 1 is 1.30 bits per heavy atom. The van der Waals surface area contributed by atoms with E-state index in [1.54, 1.807) is 6.92 Å². The van der Waals surface area contributed by atoms with Gasteiger partial charge in [-0.3, -0.25) is 4.79 Å². The monoisotopic (exact) mass is 291 g/mol. The molecule has 0 aliphatic heterocycles. The molecule has 0 spiro atoms. The molecule has 0 aliphatic rings. The average molecular weight is 291 g/mol. The lowest BCUT2D eigenvalue weighted by atomic mass is 10.2. The average Bonchev–Trinajstić information content (AvgIpc) is 2.39. The van der Waals surface area contributed by atoms with Gasteiger partial charge in [0.1, 0.15) is 12.4 Å². The number of benzene rings is 1. The van der Waals surface area contributed by atoms with Gasteiger partial charge in [0.05, 0.1) is 0 Å². The van der Waals surface area contributed by atoms with Crippen LogP contribution < -0.4 is 4.74 Å². The highest BCUT2D eigenvalue weighted by Gasteiger charge is 1.95. The third-order valence-electron chi connectivity index (χ3n) is 2.43. The first-order valence-corrected chi connectivity index (χ1v) is 7.56. The van der Waals surface area contributed by atoms with Crippen molar-refractivity contribution < 1.29 is 9.53 Å². The predicted molar refractivity (Wildman–Crippen MR) is 85.1 cm³/mol. The van der Waals surface area contributed by atoms with Crippen molar-refractivity contribution in [3.05, 3.63) is 29.8 Å². The van der Waals surface area contributed by atoms with E-state index in [1.807, 2.05) is 38.4 Å². The van der Waals surface area contributed by atoms with E-state index in [4.69, 9.17) is 4.74 Å². The quantitative estimate of drug-likeness (QED) is 0.595. The second kappa shape index (κ2) is 9.46. The van der Waals surface area contributed by atoms with Gasteiger partial charge in [-0.1, -0.05) is 23.6 Å². The fraction of sp³-hybridized carbons (Fsp3) is 0.438. The number of likely N-dealkylation sites (N-methyl/N-ethyl adjacent to an activating group) is 1. The number of carbonyl (C=O) groups excluding carboxylic acids is 1. The van der Waals surface area contributed by atoms with Gasteiger partial charge >= 0.3 is 0 Å². The first kappa shape index (κ1) is 16.6. The molecule has 0 saturated heterocycles. The molecule has 1 aromatic carbocycles. The van der Waals surface area contributed by atoms with Crippen molar-refractivity contribution in [3.8, 4) is 17.6 Å². The highest BCUT2D eigenvalue weighted by atomic mass is 32.2. The van der Waals surface area contributed by atoms with Crippen LogP contribution in [0.1, 0.15) is 18.9 Å². The zero-order chi connectivity index (χ0) is 14.8. The normalized spacial score (nSPS) is 10.0. The smallest absolute Gasteiger partial charge is 0.185 e. The summed E-state index contributed by atoms with van der Waals surface area (Å²) >= 11 is 1.31. The fourth-order valence-corrected chi connectivity index (χ4v) is 1.88. The minimum Gasteiger partial charge on any atom is -0.492 e. The van der Waals surface area contributed by atoms with Gasteiger partial charge in [0.25, 0.3) is 0 Å².